The summed E-state index contributed by atoms with van der Waals surface area (Å²) in [4.78, 5) is 3.94. The largest absolute Gasteiger partial charge is 0.573 e. The number of hydrogen-bond acceptors (Lipinski definition) is 5. The predicted octanol–water partition coefficient (Wildman–Crippen LogP) is 2.49. The molecule has 1 fully saturated rings. The van der Waals surface area contributed by atoms with Gasteiger partial charge in [-0.05, 0) is 36.2 Å². The lowest BCUT2D eigenvalue weighted by atomic mass is 9.91. The molecule has 1 N–H and O–H groups in total. The molecule has 0 aliphatic carbocycles. The van der Waals surface area contributed by atoms with Crippen LogP contribution in [0.25, 0.3) is 0 Å². The summed E-state index contributed by atoms with van der Waals surface area (Å²) in [7, 11) is -4.22. The zero-order valence-electron chi connectivity index (χ0n) is 14.7. The molecule has 28 heavy (non-hydrogen) atoms. The standard InChI is InChI=1S/C18H18F3N3O3S/c19-18(20,21)27-15-5-1-2-6-16(15)28(25,26)24-10-12-4-3-7-23-17(12)14-9-22-8-13(14)11-24/h1-7,13-14,22H,8-11H2/t13?,14-/m1/s1. The van der Waals surface area contributed by atoms with E-state index in [-0.39, 0.29) is 24.9 Å². The van der Waals surface area contributed by atoms with Crippen molar-refractivity contribution >= 4 is 10.0 Å². The topological polar surface area (TPSA) is 71.5 Å². The van der Waals surface area contributed by atoms with Gasteiger partial charge in [0.15, 0.2) is 0 Å². The van der Waals surface area contributed by atoms with E-state index < -0.39 is 27.0 Å². The molecular weight excluding hydrogens is 395 g/mol. The lowest BCUT2D eigenvalue weighted by molar-refractivity contribution is -0.275. The number of nitrogens with zero attached hydrogens (tertiary/aromatic N) is 2. The minimum atomic E-state index is -4.98. The van der Waals surface area contributed by atoms with Crippen LogP contribution in [0.4, 0.5) is 13.2 Å². The summed E-state index contributed by atoms with van der Waals surface area (Å²) in [5.74, 6) is -0.675. The van der Waals surface area contributed by atoms with Gasteiger partial charge in [-0.15, -0.1) is 13.2 Å². The third kappa shape index (κ3) is 3.59. The molecule has 1 aromatic heterocycles. The van der Waals surface area contributed by atoms with Gasteiger partial charge >= 0.3 is 6.36 Å². The summed E-state index contributed by atoms with van der Waals surface area (Å²) in [5, 5.41) is 3.25. The van der Waals surface area contributed by atoms with Crippen LogP contribution in [0, 0.1) is 5.92 Å². The first-order valence-corrected chi connectivity index (χ1v) is 10.2. The van der Waals surface area contributed by atoms with Crippen molar-refractivity contribution in [1.29, 1.82) is 0 Å². The fourth-order valence-electron chi connectivity index (χ4n) is 3.87. The molecule has 0 amide bonds. The Bertz CT molecular complexity index is 981. The van der Waals surface area contributed by atoms with Gasteiger partial charge in [-0.3, -0.25) is 4.98 Å². The first-order valence-electron chi connectivity index (χ1n) is 8.75. The van der Waals surface area contributed by atoms with Crippen LogP contribution in [0.5, 0.6) is 5.75 Å². The maximum Gasteiger partial charge on any atom is 0.573 e. The maximum atomic E-state index is 13.3. The Hall–Kier alpha value is -2.17. The quantitative estimate of drug-likeness (QED) is 0.837. The average Bonchev–Trinajstić information content (AvgIpc) is 3.02. The van der Waals surface area contributed by atoms with Gasteiger partial charge in [-0.1, -0.05) is 18.2 Å². The van der Waals surface area contributed by atoms with E-state index in [0.717, 1.165) is 23.4 Å². The fraction of sp³-hybridized carbons (Fsp3) is 0.389. The molecule has 1 saturated heterocycles. The third-order valence-electron chi connectivity index (χ3n) is 5.09. The lowest BCUT2D eigenvalue weighted by Gasteiger charge is -2.24. The lowest BCUT2D eigenvalue weighted by Crippen LogP contribution is -2.35. The van der Waals surface area contributed by atoms with Crippen molar-refractivity contribution in [2.75, 3.05) is 19.6 Å². The van der Waals surface area contributed by atoms with Crippen LogP contribution in [0.15, 0.2) is 47.5 Å². The number of aromatic nitrogens is 1. The summed E-state index contributed by atoms with van der Waals surface area (Å²) < 4.78 is 70.0. The number of rotatable bonds is 3. The Morgan fingerprint density at radius 3 is 2.71 bits per heavy atom. The highest BCUT2D eigenvalue weighted by atomic mass is 32.2. The van der Waals surface area contributed by atoms with E-state index in [0.29, 0.717) is 13.1 Å². The van der Waals surface area contributed by atoms with Crippen LogP contribution in [0.2, 0.25) is 0 Å². The summed E-state index contributed by atoms with van der Waals surface area (Å²) in [6.45, 7) is 1.55. The molecular formula is C18H18F3N3O3S. The van der Waals surface area contributed by atoms with Gasteiger partial charge in [-0.25, -0.2) is 8.42 Å². The zero-order chi connectivity index (χ0) is 19.9. The second-order valence-corrected chi connectivity index (χ2v) is 8.77. The van der Waals surface area contributed by atoms with Crippen LogP contribution in [0.1, 0.15) is 17.2 Å². The molecule has 2 atom stereocenters. The number of alkyl halides is 3. The van der Waals surface area contributed by atoms with Gasteiger partial charge in [0.1, 0.15) is 10.6 Å². The van der Waals surface area contributed by atoms with Crippen molar-refractivity contribution in [2.24, 2.45) is 5.92 Å². The summed E-state index contributed by atoms with van der Waals surface area (Å²) in [6, 6.07) is 8.36. The number of sulfonamides is 1. The number of nitrogens with one attached hydrogen (secondary N) is 1. The van der Waals surface area contributed by atoms with E-state index in [1.807, 2.05) is 6.07 Å². The van der Waals surface area contributed by atoms with Crippen LogP contribution in [0.3, 0.4) is 0 Å². The number of fused-ring (bicyclic) bond motifs is 3. The second-order valence-electron chi connectivity index (χ2n) is 6.86. The molecule has 0 bridgehead atoms. The van der Waals surface area contributed by atoms with E-state index in [1.165, 1.54) is 16.4 Å². The number of para-hydroxylation sites is 1. The number of benzene rings is 1. The molecule has 1 unspecified atom stereocenters. The SMILES string of the molecule is O=S(=O)(c1ccccc1OC(F)(F)F)N1Cc2cccnc2[C@@H]2CNCC2C1. The minimum absolute atomic E-state index is 0.0124. The maximum absolute atomic E-state index is 13.3. The van der Waals surface area contributed by atoms with Gasteiger partial charge in [0.25, 0.3) is 0 Å². The molecule has 4 rings (SSSR count). The Morgan fingerprint density at radius 2 is 1.93 bits per heavy atom. The molecule has 3 heterocycles. The predicted molar refractivity (Wildman–Crippen MR) is 94.1 cm³/mol. The molecule has 150 valence electrons. The highest BCUT2D eigenvalue weighted by Crippen LogP contribution is 2.37. The van der Waals surface area contributed by atoms with Gasteiger partial charge in [0.05, 0.1) is 0 Å². The molecule has 6 nitrogen and oxygen atoms in total. The van der Waals surface area contributed by atoms with Crippen LogP contribution in [-0.2, 0) is 16.6 Å². The Morgan fingerprint density at radius 1 is 1.14 bits per heavy atom. The molecule has 0 radical (unpaired) electrons. The van der Waals surface area contributed by atoms with Crippen molar-refractivity contribution in [3.05, 3.63) is 53.9 Å². The van der Waals surface area contributed by atoms with Crippen LogP contribution in [-0.4, -0.2) is 43.7 Å². The van der Waals surface area contributed by atoms with Gasteiger partial charge < -0.3 is 10.1 Å². The van der Waals surface area contributed by atoms with Crippen molar-refractivity contribution in [1.82, 2.24) is 14.6 Å². The van der Waals surface area contributed by atoms with Gasteiger partial charge in [-0.2, -0.15) is 4.31 Å². The summed E-state index contributed by atoms with van der Waals surface area (Å²) in [6.07, 6.45) is -3.31. The van der Waals surface area contributed by atoms with E-state index in [4.69, 9.17) is 0 Å². The van der Waals surface area contributed by atoms with Crippen LogP contribution >= 0.6 is 0 Å². The minimum Gasteiger partial charge on any atom is -0.404 e. The smallest absolute Gasteiger partial charge is 0.404 e. The molecule has 0 saturated carbocycles. The van der Waals surface area contributed by atoms with Crippen LogP contribution < -0.4 is 10.1 Å². The molecule has 1 aromatic carbocycles. The van der Waals surface area contributed by atoms with Crippen molar-refractivity contribution in [3.63, 3.8) is 0 Å². The third-order valence-corrected chi connectivity index (χ3v) is 6.95. The van der Waals surface area contributed by atoms with E-state index >= 15 is 0 Å². The van der Waals surface area contributed by atoms with E-state index in [1.54, 1.807) is 12.3 Å². The summed E-state index contributed by atoms with van der Waals surface area (Å²) in [5.41, 5.74) is 1.60. The number of hydrogen-bond donors (Lipinski definition) is 1. The normalized spacial score (nSPS) is 23.0. The number of ether oxygens (including phenoxy) is 1. The first-order chi connectivity index (χ1) is 13.3. The average molecular weight is 413 g/mol. The molecule has 2 aliphatic heterocycles. The highest BCUT2D eigenvalue weighted by Gasteiger charge is 2.41. The second kappa shape index (κ2) is 7.02. The van der Waals surface area contributed by atoms with Gasteiger partial charge in [0.2, 0.25) is 10.0 Å². The molecule has 0 spiro atoms. The van der Waals surface area contributed by atoms with Crippen molar-refractivity contribution < 1.29 is 26.3 Å². The highest BCUT2D eigenvalue weighted by molar-refractivity contribution is 7.89. The van der Waals surface area contributed by atoms with Crippen molar-refractivity contribution in [2.45, 2.75) is 23.7 Å². The number of halogens is 3. The van der Waals surface area contributed by atoms with E-state index in [2.05, 4.69) is 15.0 Å². The summed E-state index contributed by atoms with van der Waals surface area (Å²) >= 11 is 0. The van der Waals surface area contributed by atoms with Gasteiger partial charge in [0, 0.05) is 37.4 Å². The van der Waals surface area contributed by atoms with Crippen molar-refractivity contribution in [3.8, 4) is 5.75 Å². The monoisotopic (exact) mass is 413 g/mol. The number of pyridine rings is 1. The zero-order valence-corrected chi connectivity index (χ0v) is 15.5. The van der Waals surface area contributed by atoms with E-state index in [9.17, 15) is 21.6 Å². The Labute approximate surface area is 160 Å². The Kier molecular flexibility index (Phi) is 4.80. The first kappa shape index (κ1) is 19.2. The molecule has 10 heteroatoms. The Balaban J connectivity index is 1.75. The fourth-order valence-corrected chi connectivity index (χ4v) is 5.46. The molecule has 2 aromatic rings. The molecule has 2 aliphatic rings.